The number of benzene rings is 1. The molecule has 0 atom stereocenters. The quantitative estimate of drug-likeness (QED) is 0.700. The fraction of sp³-hybridized carbons (Fsp3) is 0.400. The van der Waals surface area contributed by atoms with E-state index in [9.17, 15) is 9.59 Å². The van der Waals surface area contributed by atoms with Crippen molar-refractivity contribution in [3.63, 3.8) is 0 Å². The maximum atomic E-state index is 12.2. The molecule has 4 nitrogen and oxygen atoms in total. The SMILES string of the molecule is CC.CC.Cc1cc(C)c(CNC(=O)c2cccc(S)c2C)c(=O)[nH]1. The molecule has 0 aliphatic heterocycles. The molecule has 0 spiro atoms. The number of nitrogens with one attached hydrogen (secondary N) is 2. The van der Waals surface area contributed by atoms with Crippen LogP contribution in [0.5, 0.6) is 0 Å². The van der Waals surface area contributed by atoms with E-state index < -0.39 is 0 Å². The third kappa shape index (κ3) is 6.42. The molecule has 0 bridgehead atoms. The Morgan fingerprint density at radius 3 is 2.28 bits per heavy atom. The first-order valence-electron chi connectivity index (χ1n) is 8.66. The molecular formula is C20H30N2O2S. The molecular weight excluding hydrogens is 332 g/mol. The second-order valence-electron chi connectivity index (χ2n) is 5.08. The topological polar surface area (TPSA) is 62.0 Å². The number of aromatic nitrogens is 1. The molecule has 2 rings (SSSR count). The molecule has 1 aromatic heterocycles. The van der Waals surface area contributed by atoms with Crippen molar-refractivity contribution in [1.82, 2.24) is 10.3 Å². The molecule has 1 heterocycles. The summed E-state index contributed by atoms with van der Waals surface area (Å²) in [6.45, 7) is 13.7. The zero-order valence-corrected chi connectivity index (χ0v) is 17.2. The van der Waals surface area contributed by atoms with Crippen LogP contribution in [0.3, 0.4) is 0 Å². The fourth-order valence-electron chi connectivity index (χ4n) is 2.23. The number of carbonyl (C=O) groups is 1. The van der Waals surface area contributed by atoms with Gasteiger partial charge in [-0.25, -0.2) is 0 Å². The van der Waals surface area contributed by atoms with E-state index in [-0.39, 0.29) is 18.0 Å². The molecule has 25 heavy (non-hydrogen) atoms. The Hall–Kier alpha value is -2.01. The maximum Gasteiger partial charge on any atom is 0.253 e. The monoisotopic (exact) mass is 362 g/mol. The van der Waals surface area contributed by atoms with Crippen molar-refractivity contribution in [1.29, 1.82) is 0 Å². The maximum absolute atomic E-state index is 12.2. The third-order valence-electron chi connectivity index (χ3n) is 3.47. The molecule has 5 heteroatoms. The van der Waals surface area contributed by atoms with Crippen LogP contribution in [0, 0.1) is 20.8 Å². The average Bonchev–Trinajstić information content (AvgIpc) is 2.59. The van der Waals surface area contributed by atoms with E-state index in [1.54, 1.807) is 12.1 Å². The first-order valence-corrected chi connectivity index (χ1v) is 9.11. The van der Waals surface area contributed by atoms with Gasteiger partial charge in [0.05, 0.1) is 0 Å². The number of hydrogen-bond acceptors (Lipinski definition) is 3. The van der Waals surface area contributed by atoms with E-state index >= 15 is 0 Å². The highest BCUT2D eigenvalue weighted by Crippen LogP contribution is 2.17. The number of aromatic amines is 1. The average molecular weight is 363 g/mol. The van der Waals surface area contributed by atoms with Crippen LogP contribution in [0.4, 0.5) is 0 Å². The summed E-state index contributed by atoms with van der Waals surface area (Å²) in [5.41, 5.74) is 3.50. The van der Waals surface area contributed by atoms with Crippen molar-refractivity contribution >= 4 is 18.5 Å². The molecule has 0 aliphatic carbocycles. The number of H-pyrrole nitrogens is 1. The Balaban J connectivity index is 0.00000134. The van der Waals surface area contributed by atoms with Gasteiger partial charge in [0.25, 0.3) is 11.5 Å². The Labute approximate surface area is 156 Å². The van der Waals surface area contributed by atoms with Crippen LogP contribution in [-0.2, 0) is 6.54 Å². The van der Waals surface area contributed by atoms with Crippen LogP contribution in [0.25, 0.3) is 0 Å². The van der Waals surface area contributed by atoms with Crippen LogP contribution in [-0.4, -0.2) is 10.9 Å². The summed E-state index contributed by atoms with van der Waals surface area (Å²) in [6.07, 6.45) is 0. The predicted molar refractivity (Wildman–Crippen MR) is 109 cm³/mol. The van der Waals surface area contributed by atoms with Crippen LogP contribution in [0.2, 0.25) is 0 Å². The van der Waals surface area contributed by atoms with Gasteiger partial charge in [-0.3, -0.25) is 9.59 Å². The second-order valence-corrected chi connectivity index (χ2v) is 5.56. The fourth-order valence-corrected chi connectivity index (χ4v) is 2.44. The van der Waals surface area contributed by atoms with E-state index in [0.29, 0.717) is 11.1 Å². The van der Waals surface area contributed by atoms with Gasteiger partial charge in [0.15, 0.2) is 0 Å². The predicted octanol–water partition coefficient (Wildman–Crippen LogP) is 4.57. The minimum Gasteiger partial charge on any atom is -0.348 e. The van der Waals surface area contributed by atoms with E-state index in [4.69, 9.17) is 0 Å². The normalized spacial score (nSPS) is 9.28. The summed E-state index contributed by atoms with van der Waals surface area (Å²) in [6, 6.07) is 7.26. The highest BCUT2D eigenvalue weighted by atomic mass is 32.1. The molecule has 0 radical (unpaired) electrons. The molecule has 1 amide bonds. The zero-order chi connectivity index (χ0) is 19.6. The van der Waals surface area contributed by atoms with E-state index in [1.165, 1.54) is 0 Å². The number of thiol groups is 1. The summed E-state index contributed by atoms with van der Waals surface area (Å²) in [5, 5.41) is 2.79. The standard InChI is InChI=1S/C16H18N2O2S.2C2H6/c1-9-7-10(2)18-16(20)13(9)8-17-15(19)12-5-4-6-14(21)11(12)3;2*1-2/h4-7,21H,8H2,1-3H3,(H,17,19)(H,18,20);2*1-2H3. The van der Waals surface area contributed by atoms with Crippen LogP contribution >= 0.6 is 12.6 Å². The summed E-state index contributed by atoms with van der Waals surface area (Å²) in [4.78, 5) is 27.7. The van der Waals surface area contributed by atoms with Gasteiger partial charge < -0.3 is 10.3 Å². The molecule has 0 aliphatic rings. The van der Waals surface area contributed by atoms with Gasteiger partial charge in [0, 0.05) is 28.3 Å². The van der Waals surface area contributed by atoms with Gasteiger partial charge in [-0.1, -0.05) is 33.8 Å². The van der Waals surface area contributed by atoms with Gasteiger partial charge in [0.2, 0.25) is 0 Å². The van der Waals surface area contributed by atoms with E-state index in [0.717, 1.165) is 21.7 Å². The van der Waals surface area contributed by atoms with Crippen LogP contribution in [0.15, 0.2) is 34.0 Å². The van der Waals surface area contributed by atoms with Gasteiger partial charge in [-0.15, -0.1) is 12.6 Å². The largest absolute Gasteiger partial charge is 0.348 e. The molecule has 138 valence electrons. The molecule has 0 unspecified atom stereocenters. The third-order valence-corrected chi connectivity index (χ3v) is 3.95. The summed E-state index contributed by atoms with van der Waals surface area (Å²) in [5.74, 6) is -0.206. The van der Waals surface area contributed by atoms with Crippen molar-refractivity contribution in [2.45, 2.75) is 59.9 Å². The lowest BCUT2D eigenvalue weighted by Crippen LogP contribution is -2.28. The first kappa shape index (κ1) is 23.0. The lowest BCUT2D eigenvalue weighted by Gasteiger charge is -2.10. The minimum absolute atomic E-state index is 0.160. The van der Waals surface area contributed by atoms with Crippen molar-refractivity contribution in [2.24, 2.45) is 0 Å². The number of aryl methyl sites for hydroxylation is 2. The minimum atomic E-state index is -0.206. The van der Waals surface area contributed by atoms with E-state index in [2.05, 4.69) is 22.9 Å². The smallest absolute Gasteiger partial charge is 0.253 e. The number of hydrogen-bond donors (Lipinski definition) is 3. The summed E-state index contributed by atoms with van der Waals surface area (Å²) in [7, 11) is 0. The number of carbonyl (C=O) groups excluding carboxylic acids is 1. The first-order chi connectivity index (χ1) is 11.9. The summed E-state index contributed by atoms with van der Waals surface area (Å²) >= 11 is 4.31. The Morgan fingerprint density at radius 2 is 1.72 bits per heavy atom. The zero-order valence-electron chi connectivity index (χ0n) is 16.3. The van der Waals surface area contributed by atoms with Crippen molar-refractivity contribution in [3.8, 4) is 0 Å². The van der Waals surface area contributed by atoms with Gasteiger partial charge in [-0.05, 0) is 50.1 Å². The molecule has 1 aromatic carbocycles. The van der Waals surface area contributed by atoms with Gasteiger partial charge in [0.1, 0.15) is 0 Å². The van der Waals surface area contributed by atoms with E-state index in [1.807, 2.05) is 60.6 Å². The second kappa shape index (κ2) is 11.5. The summed E-state index contributed by atoms with van der Waals surface area (Å²) < 4.78 is 0. The molecule has 2 N–H and O–H groups in total. The highest BCUT2D eigenvalue weighted by Gasteiger charge is 2.12. The Kier molecular flexibility index (Phi) is 10.6. The molecule has 0 saturated carbocycles. The number of amides is 1. The van der Waals surface area contributed by atoms with Crippen molar-refractivity contribution < 1.29 is 4.79 Å². The van der Waals surface area contributed by atoms with Gasteiger partial charge >= 0.3 is 0 Å². The van der Waals surface area contributed by atoms with Gasteiger partial charge in [-0.2, -0.15) is 0 Å². The van der Waals surface area contributed by atoms with Crippen LogP contribution < -0.4 is 10.9 Å². The van der Waals surface area contributed by atoms with Crippen molar-refractivity contribution in [3.05, 3.63) is 62.6 Å². The Bertz CT molecular complexity index is 752. The molecule has 0 saturated heterocycles. The lowest BCUT2D eigenvalue weighted by molar-refractivity contribution is 0.0950. The molecule has 2 aromatic rings. The van der Waals surface area contributed by atoms with Crippen LogP contribution in [0.1, 0.15) is 60.4 Å². The Morgan fingerprint density at radius 1 is 1.12 bits per heavy atom. The number of pyridine rings is 1. The lowest BCUT2D eigenvalue weighted by atomic mass is 10.1. The van der Waals surface area contributed by atoms with Crippen molar-refractivity contribution in [2.75, 3.05) is 0 Å². The number of rotatable bonds is 3. The molecule has 0 fully saturated rings. The highest BCUT2D eigenvalue weighted by molar-refractivity contribution is 7.80.